The maximum Gasteiger partial charge on any atom is 0.406 e. The molecule has 8 rings (SSSR count). The van der Waals surface area contributed by atoms with Crippen molar-refractivity contribution < 1.29 is 60.5 Å². The highest BCUT2D eigenvalue weighted by atomic mass is 35.5. The molecule has 2 aromatic carbocycles. The summed E-state index contributed by atoms with van der Waals surface area (Å²) in [5.74, 6) is -6.17. The maximum atomic E-state index is 18.2. The third-order valence-electron chi connectivity index (χ3n) is 15.4. The van der Waals surface area contributed by atoms with Gasteiger partial charge in [0.05, 0.1) is 47.4 Å². The zero-order valence-corrected chi connectivity index (χ0v) is 45.9. The second-order valence-corrected chi connectivity index (χ2v) is 22.7. The van der Waals surface area contributed by atoms with Gasteiger partial charge in [0.1, 0.15) is 36.2 Å². The van der Waals surface area contributed by atoms with Crippen LogP contribution in [0.15, 0.2) is 42.6 Å². The number of nitrogens with zero attached hydrogens (tertiary/aromatic N) is 7. The first-order chi connectivity index (χ1) is 36.7. The fourth-order valence-corrected chi connectivity index (χ4v) is 11.5. The Morgan fingerprint density at radius 1 is 1.03 bits per heavy atom. The number of carbonyl (C=O) groups is 5. The summed E-state index contributed by atoms with van der Waals surface area (Å²) in [7, 11) is 4.89. The molecule has 0 radical (unpaired) electrons. The number of aromatic nitrogens is 2. The molecule has 4 aliphatic heterocycles. The first kappa shape index (κ1) is 58.1. The van der Waals surface area contributed by atoms with Crippen molar-refractivity contribution in [1.29, 1.82) is 0 Å². The van der Waals surface area contributed by atoms with E-state index >= 15 is 17.6 Å². The van der Waals surface area contributed by atoms with Crippen molar-refractivity contribution in [3.05, 3.63) is 65.2 Å². The van der Waals surface area contributed by atoms with Gasteiger partial charge in [0.25, 0.3) is 17.4 Å². The normalized spacial score (nSPS) is 21.8. The molecule has 3 fully saturated rings. The lowest BCUT2D eigenvalue weighted by atomic mass is 9.83. The average molecular weight is 1110 g/mol. The molecule has 3 N–H and O–H groups in total. The van der Waals surface area contributed by atoms with E-state index in [1.165, 1.54) is 54.4 Å². The summed E-state index contributed by atoms with van der Waals surface area (Å²) < 4.78 is 90.1. The van der Waals surface area contributed by atoms with Gasteiger partial charge in [-0.3, -0.25) is 34.0 Å². The number of hydrogen-bond acceptors (Lipinski definition) is 12. The number of cyclic esters (lactones) is 1. The van der Waals surface area contributed by atoms with Gasteiger partial charge in [0.2, 0.25) is 11.8 Å². The number of amides is 4. The molecule has 0 saturated carbocycles. The van der Waals surface area contributed by atoms with Crippen LogP contribution in [0.4, 0.5) is 27.6 Å². The Labute approximate surface area is 455 Å². The molecule has 4 aliphatic rings. The third-order valence-corrected chi connectivity index (χ3v) is 15.6. The molecule has 0 aliphatic carbocycles. The second-order valence-electron chi connectivity index (χ2n) is 22.3. The zero-order valence-electron chi connectivity index (χ0n) is 45.2. The fourth-order valence-electron chi connectivity index (χ4n) is 11.3. The molecule has 0 unspecified atom stereocenters. The van der Waals surface area contributed by atoms with E-state index in [0.717, 1.165) is 22.6 Å². The number of halogens is 6. The molecule has 17 nitrogen and oxygen atoms in total. The number of hydrazine groups is 1. The van der Waals surface area contributed by atoms with Crippen LogP contribution in [0.25, 0.3) is 33.3 Å². The summed E-state index contributed by atoms with van der Waals surface area (Å²) in [5, 5.41) is 15.3. The number of rotatable bonds is 11. The SMILES string of the molecule is CO[C@@H](C)c1ncc(N2CCN(C)CC2)cc1-c1c2c3c(F)c(ccc3n1CC(F)(F)F)-c1cc(O)cc(c1)C[C@H](NC(=O)[C@H](C(C)C)N(C)C(=O)[C@H]1CCN(C(=O)[C@H](F)Cl)C1)C(=O)N1CCC[C@H](N1)C(=O)OCC(C)(C)C2. The van der Waals surface area contributed by atoms with Crippen LogP contribution < -0.4 is 15.6 Å². The van der Waals surface area contributed by atoms with Gasteiger partial charge in [-0.2, -0.15) is 13.2 Å². The highest BCUT2D eigenvalue weighted by Gasteiger charge is 2.42. The van der Waals surface area contributed by atoms with E-state index in [2.05, 4.69) is 20.5 Å². The number of anilines is 1. The molecule has 23 heteroatoms. The summed E-state index contributed by atoms with van der Waals surface area (Å²) in [6.45, 7) is 9.64. The largest absolute Gasteiger partial charge is 0.508 e. The van der Waals surface area contributed by atoms with E-state index in [4.69, 9.17) is 26.1 Å². The number of methoxy groups -OCH3 is 1. The molecule has 3 saturated heterocycles. The Balaban J connectivity index is 1.26. The fraction of sp³-hybridized carbons (Fsp3) is 0.564. The first-order valence-electron chi connectivity index (χ1n) is 26.3. The number of pyridine rings is 1. The van der Waals surface area contributed by atoms with Crippen molar-refractivity contribution in [1.82, 2.24) is 40.0 Å². The van der Waals surface area contributed by atoms with Gasteiger partial charge in [-0.05, 0) is 92.6 Å². The van der Waals surface area contributed by atoms with Gasteiger partial charge >= 0.3 is 12.1 Å². The summed E-state index contributed by atoms with van der Waals surface area (Å²) in [6.07, 6.45) is -3.48. The predicted octanol–water partition coefficient (Wildman–Crippen LogP) is 6.75. The molecule has 6 atom stereocenters. The molecule has 4 amide bonds. The van der Waals surface area contributed by atoms with Gasteiger partial charge in [-0.25, -0.2) is 14.2 Å². The summed E-state index contributed by atoms with van der Waals surface area (Å²) >= 11 is 5.40. The predicted molar refractivity (Wildman–Crippen MR) is 282 cm³/mol. The topological polar surface area (TPSA) is 182 Å². The Bertz CT molecular complexity index is 2930. The molecule has 78 heavy (non-hydrogen) atoms. The molecule has 6 bridgehead atoms. The summed E-state index contributed by atoms with van der Waals surface area (Å²) in [5.41, 5.74) is 1.34. The number of esters is 1. The van der Waals surface area contributed by atoms with E-state index in [1.54, 1.807) is 46.9 Å². The summed E-state index contributed by atoms with van der Waals surface area (Å²) in [4.78, 5) is 81.2. The minimum Gasteiger partial charge on any atom is -0.508 e. The highest BCUT2D eigenvalue weighted by molar-refractivity contribution is 6.29. The van der Waals surface area contributed by atoms with Crippen molar-refractivity contribution in [3.8, 4) is 28.1 Å². The number of alkyl halides is 5. The number of likely N-dealkylation sites (tertiary alicyclic amines) is 1. The molecule has 6 heterocycles. The lowest BCUT2D eigenvalue weighted by Gasteiger charge is -2.37. The van der Waals surface area contributed by atoms with Gasteiger partial charge in [0.15, 0.2) is 0 Å². The van der Waals surface area contributed by atoms with Crippen LogP contribution in [0.3, 0.4) is 0 Å². The van der Waals surface area contributed by atoms with Gasteiger partial charge < -0.3 is 44.1 Å². The third kappa shape index (κ3) is 12.5. The smallest absolute Gasteiger partial charge is 0.406 e. The minimum atomic E-state index is -4.80. The molecule has 4 aromatic rings. The first-order valence-corrected chi connectivity index (χ1v) is 26.8. The quantitative estimate of drug-likeness (QED) is 0.0818. The Morgan fingerprint density at radius 3 is 2.41 bits per heavy atom. The second kappa shape index (κ2) is 23.3. The monoisotopic (exact) mass is 1110 g/mol. The van der Waals surface area contributed by atoms with E-state index in [-0.39, 0.29) is 96.5 Å². The minimum absolute atomic E-state index is 0.0569. The lowest BCUT2D eigenvalue weighted by molar-refractivity contribution is -0.155. The van der Waals surface area contributed by atoms with E-state index < -0.39 is 95.2 Å². The molecular weight excluding hydrogens is 1050 g/mol. The van der Waals surface area contributed by atoms with E-state index in [1.807, 2.05) is 7.05 Å². The van der Waals surface area contributed by atoms with Crippen molar-refractivity contribution >= 4 is 57.8 Å². The van der Waals surface area contributed by atoms with Crippen molar-refractivity contribution in [2.45, 2.75) is 109 Å². The van der Waals surface area contributed by atoms with Crippen molar-refractivity contribution in [2.24, 2.45) is 17.3 Å². The van der Waals surface area contributed by atoms with Crippen LogP contribution in [0.1, 0.15) is 76.8 Å². The Hall–Kier alpha value is -6.10. The number of piperazine rings is 1. The van der Waals surface area contributed by atoms with Crippen LogP contribution in [0.5, 0.6) is 5.75 Å². The van der Waals surface area contributed by atoms with Crippen LogP contribution >= 0.6 is 11.6 Å². The number of phenols is 1. The number of fused-ring (bicyclic) bond motifs is 6. The standard InChI is InChI=1S/C55H69ClF5N9O8/c1-30(2)46(66(7)50(73)33-13-15-68(27-33)52(75)48(56)58)49(72)63-41-22-32-20-34(23-36(71)21-32)37-11-12-42-43(44(37)57)39(25-54(4,5)29-78-53(76)40-10-9-14-70(64-40)51(41)74)47(69(42)28-55(59,60)61)38-24-35(26-62-45(38)31(3)77-8)67-18-16-65(6)17-19-67/h11-12,20-21,23-24,26,30-31,33,40-41,46,48,64,71H,9-10,13-19,22,25,27-29H2,1-8H3,(H,63,72)/t31-,33-,40-,41-,46-,48-/m0/s1. The molecule has 0 spiro atoms. The molecule has 2 aromatic heterocycles. The van der Waals surface area contributed by atoms with Crippen LogP contribution in [0, 0.1) is 23.1 Å². The highest BCUT2D eigenvalue weighted by Crippen LogP contribution is 2.46. The number of likely N-dealkylation sites (N-methyl/N-ethyl adjacent to an activating group) is 2. The van der Waals surface area contributed by atoms with Crippen molar-refractivity contribution in [2.75, 3.05) is 78.5 Å². The van der Waals surface area contributed by atoms with Crippen LogP contribution in [0.2, 0.25) is 0 Å². The van der Waals surface area contributed by atoms with Gasteiger partial charge in [-0.15, -0.1) is 0 Å². The number of benzene rings is 2. The Kier molecular flexibility index (Phi) is 17.4. The molecule has 424 valence electrons. The van der Waals surface area contributed by atoms with Crippen LogP contribution in [-0.4, -0.2) is 168 Å². The van der Waals surface area contributed by atoms with Crippen molar-refractivity contribution in [3.63, 3.8) is 0 Å². The average Bonchev–Trinajstić information content (AvgIpc) is 4.21. The number of phenolic OH excluding ortho intramolecular Hbond substituents is 1. The lowest BCUT2D eigenvalue weighted by Crippen LogP contribution is -2.62. The Morgan fingerprint density at radius 2 is 1.74 bits per heavy atom. The zero-order chi connectivity index (χ0) is 56.7. The van der Waals surface area contributed by atoms with Gasteiger partial charge in [-0.1, -0.05) is 45.4 Å². The molecular formula is C55H69ClF5N9O8. The number of ether oxygens (including phenoxy) is 2. The number of carbonyl (C=O) groups excluding carboxylic acids is 5. The number of nitrogens with one attached hydrogen (secondary N) is 2. The maximum absolute atomic E-state index is 18.2. The number of hydrogen-bond donors (Lipinski definition) is 3. The van der Waals surface area contributed by atoms with Gasteiger partial charge in [0, 0.05) is 88.3 Å². The summed E-state index contributed by atoms with van der Waals surface area (Å²) in [6, 6.07) is 5.03. The van der Waals surface area contributed by atoms with Crippen LogP contribution in [-0.2, 0) is 52.8 Å². The van der Waals surface area contributed by atoms with E-state index in [9.17, 15) is 33.5 Å². The number of aromatic hydroxyl groups is 1. The van der Waals surface area contributed by atoms with E-state index in [0.29, 0.717) is 36.5 Å².